The molecule has 0 amide bonds. The van der Waals surface area contributed by atoms with Gasteiger partial charge in [0.25, 0.3) is 0 Å². The Kier molecular flexibility index (Phi) is 3.58. The van der Waals surface area contributed by atoms with Crippen molar-refractivity contribution in [3.05, 3.63) is 53.9 Å². The Morgan fingerprint density at radius 2 is 1.93 bits per heavy atom. The first-order valence-electron chi connectivity index (χ1n) is 5.33. The Labute approximate surface area is 91.3 Å². The molecule has 1 aliphatic carbocycles. The van der Waals surface area contributed by atoms with Gasteiger partial charge in [-0.15, -0.1) is 0 Å². The summed E-state index contributed by atoms with van der Waals surface area (Å²) in [5, 5.41) is 2.09. The summed E-state index contributed by atoms with van der Waals surface area (Å²) in [6.45, 7) is 0. The minimum atomic E-state index is -1.73. The van der Waals surface area contributed by atoms with Gasteiger partial charge in [0.2, 0.25) is 0 Å². The van der Waals surface area contributed by atoms with Crippen LogP contribution < -0.4 is 5.30 Å². The van der Waals surface area contributed by atoms with E-state index < -0.39 is 7.80 Å². The SMILES string of the molecule is O=[PH](C1=CC=CCCC1)c1ccccc1. The summed E-state index contributed by atoms with van der Waals surface area (Å²) >= 11 is 0. The monoisotopic (exact) mass is 218 g/mol. The molecule has 15 heavy (non-hydrogen) atoms. The third-order valence-electron chi connectivity index (χ3n) is 2.58. The zero-order chi connectivity index (χ0) is 10.5. The molecule has 0 bridgehead atoms. The molecule has 1 unspecified atom stereocenters. The van der Waals surface area contributed by atoms with Crippen LogP contribution in [0.3, 0.4) is 0 Å². The van der Waals surface area contributed by atoms with Crippen LogP contribution in [0.25, 0.3) is 0 Å². The molecule has 1 nitrogen and oxygen atoms in total. The van der Waals surface area contributed by atoms with Gasteiger partial charge in [0.15, 0.2) is 0 Å². The summed E-state index contributed by atoms with van der Waals surface area (Å²) < 4.78 is 12.2. The molecule has 0 radical (unpaired) electrons. The van der Waals surface area contributed by atoms with Gasteiger partial charge in [0.05, 0.1) is 0 Å². The van der Waals surface area contributed by atoms with Gasteiger partial charge in [-0.1, -0.05) is 48.6 Å². The van der Waals surface area contributed by atoms with E-state index in [1.165, 1.54) is 0 Å². The Hall–Kier alpha value is -1.07. The molecule has 0 fully saturated rings. The van der Waals surface area contributed by atoms with Crippen LogP contribution in [0.5, 0.6) is 0 Å². The summed E-state index contributed by atoms with van der Waals surface area (Å²) in [5.41, 5.74) is 0. The van der Waals surface area contributed by atoms with Crippen molar-refractivity contribution in [2.45, 2.75) is 19.3 Å². The Morgan fingerprint density at radius 3 is 2.73 bits per heavy atom. The van der Waals surface area contributed by atoms with Crippen molar-refractivity contribution < 1.29 is 4.57 Å². The Bertz CT molecular complexity index is 404. The van der Waals surface area contributed by atoms with E-state index >= 15 is 0 Å². The van der Waals surface area contributed by atoms with Gasteiger partial charge in [-0.3, -0.25) is 0 Å². The average molecular weight is 218 g/mol. The highest BCUT2D eigenvalue weighted by Crippen LogP contribution is 2.35. The van der Waals surface area contributed by atoms with E-state index in [2.05, 4.69) is 6.08 Å². The predicted molar refractivity (Wildman–Crippen MR) is 66.2 cm³/mol. The highest BCUT2D eigenvalue weighted by atomic mass is 31.1. The van der Waals surface area contributed by atoms with Crippen molar-refractivity contribution in [2.24, 2.45) is 0 Å². The van der Waals surface area contributed by atoms with Crippen molar-refractivity contribution in [3.63, 3.8) is 0 Å². The fraction of sp³-hybridized carbons (Fsp3) is 0.231. The lowest BCUT2D eigenvalue weighted by molar-refractivity contribution is 0.595. The van der Waals surface area contributed by atoms with E-state index in [9.17, 15) is 4.57 Å². The number of rotatable bonds is 2. The lowest BCUT2D eigenvalue weighted by Crippen LogP contribution is -1.95. The average Bonchev–Trinajstić information content (AvgIpc) is 2.58. The van der Waals surface area contributed by atoms with E-state index in [1.54, 1.807) is 0 Å². The minimum absolute atomic E-state index is 0.972. The quantitative estimate of drug-likeness (QED) is 0.694. The summed E-state index contributed by atoms with van der Waals surface area (Å²) in [6.07, 6.45) is 9.40. The highest BCUT2D eigenvalue weighted by Gasteiger charge is 2.09. The first-order valence-corrected chi connectivity index (χ1v) is 6.74. The van der Waals surface area contributed by atoms with Crippen molar-refractivity contribution in [1.82, 2.24) is 0 Å². The molecule has 0 saturated heterocycles. The molecule has 0 heterocycles. The molecule has 0 spiro atoms. The zero-order valence-electron chi connectivity index (χ0n) is 8.65. The summed E-state index contributed by atoms with van der Waals surface area (Å²) in [4.78, 5) is 0. The van der Waals surface area contributed by atoms with Crippen LogP contribution in [0.4, 0.5) is 0 Å². The van der Waals surface area contributed by atoms with E-state index in [0.29, 0.717) is 0 Å². The van der Waals surface area contributed by atoms with E-state index in [1.807, 2.05) is 42.5 Å². The van der Waals surface area contributed by atoms with Crippen molar-refractivity contribution >= 4 is 13.1 Å². The summed E-state index contributed by atoms with van der Waals surface area (Å²) in [6, 6.07) is 9.77. The molecule has 2 rings (SSSR count). The number of hydrogen-bond donors (Lipinski definition) is 0. The maximum Gasteiger partial charge on any atom is 0.128 e. The third kappa shape index (κ3) is 2.70. The van der Waals surface area contributed by atoms with Crippen molar-refractivity contribution in [2.75, 3.05) is 0 Å². The first kappa shape index (κ1) is 10.4. The number of hydrogen-bond acceptors (Lipinski definition) is 1. The Morgan fingerprint density at radius 1 is 1.13 bits per heavy atom. The zero-order valence-corrected chi connectivity index (χ0v) is 9.65. The van der Waals surface area contributed by atoms with Gasteiger partial charge < -0.3 is 4.57 Å². The van der Waals surface area contributed by atoms with Crippen LogP contribution >= 0.6 is 7.80 Å². The second-order valence-electron chi connectivity index (χ2n) is 3.71. The number of allylic oxidation sites excluding steroid dienone is 4. The molecule has 1 aromatic carbocycles. The molecule has 1 aliphatic rings. The molecule has 78 valence electrons. The molecular formula is C13H15OP. The van der Waals surface area contributed by atoms with Crippen LogP contribution in [-0.4, -0.2) is 0 Å². The smallest absolute Gasteiger partial charge is 0.128 e. The second-order valence-corrected chi connectivity index (χ2v) is 5.59. The fourth-order valence-corrected chi connectivity index (χ4v) is 3.26. The predicted octanol–water partition coefficient (Wildman–Crippen LogP) is 3.50. The molecule has 0 N–H and O–H groups in total. The van der Waals surface area contributed by atoms with Crippen LogP contribution in [0, 0.1) is 0 Å². The van der Waals surface area contributed by atoms with E-state index in [4.69, 9.17) is 0 Å². The molecule has 1 aromatic rings. The van der Waals surface area contributed by atoms with E-state index in [0.717, 1.165) is 29.9 Å². The molecule has 0 aromatic heterocycles. The van der Waals surface area contributed by atoms with Crippen molar-refractivity contribution in [3.8, 4) is 0 Å². The normalized spacial score (nSPS) is 18.0. The van der Waals surface area contributed by atoms with Crippen molar-refractivity contribution in [1.29, 1.82) is 0 Å². The molecular weight excluding hydrogens is 203 g/mol. The van der Waals surface area contributed by atoms with Crippen LogP contribution in [0.2, 0.25) is 0 Å². The number of benzene rings is 1. The standard InChI is InChI=1S/C13H15OP/c14-15(13-10-6-3-7-11-13)12-8-4-1-2-5-9-12/h1,3-4,6-8,10-11,15H,2,5,9H2. The molecule has 1 atom stereocenters. The van der Waals surface area contributed by atoms with Gasteiger partial charge >= 0.3 is 0 Å². The van der Waals surface area contributed by atoms with Gasteiger partial charge in [0.1, 0.15) is 7.80 Å². The van der Waals surface area contributed by atoms with Gasteiger partial charge in [0, 0.05) is 5.30 Å². The third-order valence-corrected chi connectivity index (χ3v) is 4.44. The maximum absolute atomic E-state index is 12.2. The molecule has 2 heteroatoms. The van der Waals surface area contributed by atoms with Crippen LogP contribution in [-0.2, 0) is 4.57 Å². The maximum atomic E-state index is 12.2. The second kappa shape index (κ2) is 5.14. The highest BCUT2D eigenvalue weighted by molar-refractivity contribution is 7.57. The lowest BCUT2D eigenvalue weighted by atomic mass is 10.2. The van der Waals surface area contributed by atoms with Gasteiger partial charge in [-0.05, 0) is 24.6 Å². The topological polar surface area (TPSA) is 17.1 Å². The lowest BCUT2D eigenvalue weighted by Gasteiger charge is -2.05. The minimum Gasteiger partial charge on any atom is -0.317 e. The largest absolute Gasteiger partial charge is 0.317 e. The summed E-state index contributed by atoms with van der Waals surface area (Å²) in [5.74, 6) is 0. The van der Waals surface area contributed by atoms with Crippen LogP contribution in [0.15, 0.2) is 53.9 Å². The van der Waals surface area contributed by atoms with Gasteiger partial charge in [-0.25, -0.2) is 0 Å². The molecule has 0 aliphatic heterocycles. The van der Waals surface area contributed by atoms with Crippen LogP contribution in [0.1, 0.15) is 19.3 Å². The molecule has 0 saturated carbocycles. The first-order chi connectivity index (χ1) is 7.38. The van der Waals surface area contributed by atoms with E-state index in [-0.39, 0.29) is 0 Å². The Balaban J connectivity index is 2.21. The fourth-order valence-electron chi connectivity index (χ4n) is 1.74. The van der Waals surface area contributed by atoms with Gasteiger partial charge in [-0.2, -0.15) is 0 Å². The summed E-state index contributed by atoms with van der Waals surface area (Å²) in [7, 11) is -1.73.